The van der Waals surface area contributed by atoms with Gasteiger partial charge in [0.05, 0.1) is 12.8 Å². The maximum Gasteiger partial charge on any atom is 0.327 e. The van der Waals surface area contributed by atoms with Crippen LogP contribution in [-0.4, -0.2) is 22.9 Å². The second-order valence-corrected chi connectivity index (χ2v) is 3.59. The maximum absolute atomic E-state index is 11.0. The normalized spacial score (nSPS) is 8.82. The minimum Gasteiger partial charge on any atom is -0.468 e. The Labute approximate surface area is 118 Å². The molecule has 0 aromatic carbocycles. The number of hydrogen-bond donors (Lipinski definition) is 0. The summed E-state index contributed by atoms with van der Waals surface area (Å²) >= 11 is 3.35. The molecular weight excluding hydrogens is 304 g/mol. The first-order chi connectivity index (χ1) is 7.60. The second kappa shape index (κ2) is 9.53. The zero-order chi connectivity index (χ0) is 12.7. The molecule has 1 aromatic heterocycles. The Morgan fingerprint density at radius 2 is 1.94 bits per heavy atom. The van der Waals surface area contributed by atoms with E-state index in [9.17, 15) is 4.79 Å². The summed E-state index contributed by atoms with van der Waals surface area (Å²) in [7, 11) is 1.37. The van der Waals surface area contributed by atoms with Crippen molar-refractivity contribution in [3.8, 4) is 0 Å². The van der Waals surface area contributed by atoms with Crippen molar-refractivity contribution in [2.75, 3.05) is 7.11 Å². The summed E-state index contributed by atoms with van der Waals surface area (Å²) in [6.45, 7) is 8.11. The third-order valence-corrected chi connectivity index (χ3v) is 2.77. The van der Waals surface area contributed by atoms with E-state index in [4.69, 9.17) is 0 Å². The Kier molecular flexibility index (Phi) is 10.6. The molecule has 17 heavy (non-hydrogen) atoms. The highest BCUT2D eigenvalue weighted by Crippen LogP contribution is 2.14. The number of carbonyl (C=O) groups excluding carboxylic acids is 1. The lowest BCUT2D eigenvalue weighted by Crippen LogP contribution is -2.14. The quantitative estimate of drug-likeness (QED) is 0.634. The number of carbonyl (C=O) groups is 1. The smallest absolute Gasteiger partial charge is 0.327 e. The first-order valence-corrected chi connectivity index (χ1v) is 6.38. The molecule has 0 saturated carbocycles. The Morgan fingerprint density at radius 3 is 2.29 bits per heavy atom. The van der Waals surface area contributed by atoms with E-state index in [1.807, 2.05) is 27.7 Å². The molecule has 0 aliphatic rings. The molecule has 0 aliphatic carbocycles. The van der Waals surface area contributed by atoms with Crippen LogP contribution in [0.1, 0.15) is 30.8 Å². The van der Waals surface area contributed by atoms with Crippen molar-refractivity contribution in [3.63, 3.8) is 0 Å². The maximum atomic E-state index is 11.0. The van der Waals surface area contributed by atoms with Gasteiger partial charge in [-0.05, 0) is 19.4 Å². The first-order valence-electron chi connectivity index (χ1n) is 5.25. The van der Waals surface area contributed by atoms with Crippen molar-refractivity contribution in [2.45, 2.75) is 39.6 Å². The van der Waals surface area contributed by atoms with Crippen molar-refractivity contribution in [1.82, 2.24) is 9.78 Å². The Hall–Kier alpha value is -0.490. The summed E-state index contributed by atoms with van der Waals surface area (Å²) in [6, 6.07) is 0. The van der Waals surface area contributed by atoms with Gasteiger partial charge < -0.3 is 4.74 Å². The fourth-order valence-electron chi connectivity index (χ4n) is 1.17. The molecule has 100 valence electrons. The molecule has 1 rings (SSSR count). The van der Waals surface area contributed by atoms with Crippen LogP contribution < -0.4 is 0 Å². The highest BCUT2D eigenvalue weighted by atomic mass is 79.9. The highest BCUT2D eigenvalue weighted by molar-refractivity contribution is 9.08. The summed E-state index contributed by atoms with van der Waals surface area (Å²) in [6.07, 6.45) is 0. The fraction of sp³-hybridized carbons (Fsp3) is 0.636. The van der Waals surface area contributed by atoms with Gasteiger partial charge in [0.15, 0.2) is 0 Å². The van der Waals surface area contributed by atoms with Gasteiger partial charge in [-0.15, -0.1) is 0 Å². The third-order valence-electron chi connectivity index (χ3n) is 2.24. The molecule has 0 aliphatic heterocycles. The summed E-state index contributed by atoms with van der Waals surface area (Å²) in [4.78, 5) is 11.0. The lowest BCUT2D eigenvalue weighted by atomic mass is 10.2. The van der Waals surface area contributed by atoms with Crippen LogP contribution in [-0.2, 0) is 21.4 Å². The van der Waals surface area contributed by atoms with E-state index < -0.39 is 0 Å². The van der Waals surface area contributed by atoms with E-state index in [2.05, 4.69) is 25.8 Å². The van der Waals surface area contributed by atoms with E-state index in [-0.39, 0.29) is 26.0 Å². The average Bonchev–Trinajstić information content (AvgIpc) is 2.59. The van der Waals surface area contributed by atoms with Crippen LogP contribution in [0.2, 0.25) is 0 Å². The molecule has 0 fully saturated rings. The number of halogens is 1. The number of hydrogen-bond acceptors (Lipinski definition) is 3. The minimum atomic E-state index is -0.281. The van der Waals surface area contributed by atoms with Crippen LogP contribution >= 0.6 is 29.4 Å². The molecule has 0 radical (unpaired) electrons. The number of nitrogens with zero attached hydrogens (tertiary/aromatic N) is 2. The third kappa shape index (κ3) is 5.12. The Balaban J connectivity index is 0. The SMILES string of the molecule is CC.COC(=O)Cn1nc(CBr)c(C)c1C.S. The molecule has 1 heterocycles. The summed E-state index contributed by atoms with van der Waals surface area (Å²) in [5, 5.41) is 4.99. The zero-order valence-electron chi connectivity index (χ0n) is 11.0. The van der Waals surface area contributed by atoms with Crippen molar-refractivity contribution >= 4 is 35.4 Å². The topological polar surface area (TPSA) is 44.1 Å². The number of aromatic nitrogens is 2. The Morgan fingerprint density at radius 1 is 1.41 bits per heavy atom. The van der Waals surface area contributed by atoms with Gasteiger partial charge in [-0.1, -0.05) is 29.8 Å². The average molecular weight is 325 g/mol. The predicted octanol–water partition coefficient (Wildman–Crippen LogP) is 2.71. The number of alkyl halides is 1. The van der Waals surface area contributed by atoms with Gasteiger partial charge in [-0.2, -0.15) is 18.6 Å². The zero-order valence-corrected chi connectivity index (χ0v) is 13.6. The number of rotatable bonds is 3. The van der Waals surface area contributed by atoms with E-state index in [0.717, 1.165) is 17.0 Å². The van der Waals surface area contributed by atoms with E-state index in [1.165, 1.54) is 7.11 Å². The van der Waals surface area contributed by atoms with E-state index in [1.54, 1.807) is 4.68 Å². The lowest BCUT2D eigenvalue weighted by molar-refractivity contribution is -0.141. The number of ether oxygens (including phenoxy) is 1. The predicted molar refractivity (Wildman–Crippen MR) is 78.1 cm³/mol. The van der Waals surface area contributed by atoms with Crippen LogP contribution in [0.3, 0.4) is 0 Å². The van der Waals surface area contributed by atoms with Gasteiger partial charge in [0.25, 0.3) is 0 Å². The van der Waals surface area contributed by atoms with Crippen LogP contribution in [0.5, 0.6) is 0 Å². The van der Waals surface area contributed by atoms with Crippen LogP contribution in [0.4, 0.5) is 0 Å². The molecular formula is C11H21BrN2O2S. The minimum absolute atomic E-state index is 0. The summed E-state index contributed by atoms with van der Waals surface area (Å²) in [5.41, 5.74) is 3.09. The number of esters is 1. The molecule has 1 aromatic rings. The van der Waals surface area contributed by atoms with Gasteiger partial charge in [-0.25, -0.2) is 0 Å². The molecule has 0 amide bonds. The van der Waals surface area contributed by atoms with Crippen molar-refractivity contribution in [2.24, 2.45) is 0 Å². The summed E-state index contributed by atoms with van der Waals surface area (Å²) < 4.78 is 6.24. The van der Waals surface area contributed by atoms with Crippen molar-refractivity contribution < 1.29 is 9.53 Å². The van der Waals surface area contributed by atoms with E-state index >= 15 is 0 Å². The molecule has 0 atom stereocenters. The van der Waals surface area contributed by atoms with Gasteiger partial charge in [0, 0.05) is 11.0 Å². The standard InChI is InChI=1S/C9H13BrN2O2.C2H6.H2S/c1-6-7(2)12(5-9(13)14-3)11-8(6)4-10;1-2;/h4-5H2,1-3H3;1-2H3;1H2. The molecule has 0 saturated heterocycles. The Bertz CT molecular complexity index is 353. The first kappa shape index (κ1) is 18.9. The van der Waals surface area contributed by atoms with Gasteiger partial charge >= 0.3 is 5.97 Å². The van der Waals surface area contributed by atoms with Crippen LogP contribution in [0.25, 0.3) is 0 Å². The molecule has 0 N–H and O–H groups in total. The molecule has 6 heteroatoms. The van der Waals surface area contributed by atoms with Gasteiger partial charge in [0.2, 0.25) is 0 Å². The monoisotopic (exact) mass is 324 g/mol. The lowest BCUT2D eigenvalue weighted by Gasteiger charge is -2.01. The largest absolute Gasteiger partial charge is 0.468 e. The van der Waals surface area contributed by atoms with Crippen molar-refractivity contribution in [1.29, 1.82) is 0 Å². The van der Waals surface area contributed by atoms with Crippen molar-refractivity contribution in [3.05, 3.63) is 17.0 Å². The van der Waals surface area contributed by atoms with E-state index in [0.29, 0.717) is 5.33 Å². The fourth-order valence-corrected chi connectivity index (χ4v) is 1.70. The molecule has 4 nitrogen and oxygen atoms in total. The van der Waals surface area contributed by atoms with Gasteiger partial charge in [-0.3, -0.25) is 9.48 Å². The second-order valence-electron chi connectivity index (χ2n) is 3.02. The van der Waals surface area contributed by atoms with Crippen LogP contribution in [0.15, 0.2) is 0 Å². The number of methoxy groups -OCH3 is 1. The van der Waals surface area contributed by atoms with Crippen LogP contribution in [0, 0.1) is 13.8 Å². The molecule has 0 bridgehead atoms. The highest BCUT2D eigenvalue weighted by Gasteiger charge is 2.12. The van der Waals surface area contributed by atoms with Gasteiger partial charge in [0.1, 0.15) is 6.54 Å². The molecule has 0 spiro atoms. The summed E-state index contributed by atoms with van der Waals surface area (Å²) in [5.74, 6) is -0.281. The molecule has 0 unspecified atom stereocenters.